The summed E-state index contributed by atoms with van der Waals surface area (Å²) in [5.41, 5.74) is 1.84. The van der Waals surface area contributed by atoms with E-state index in [1.54, 1.807) is 11.4 Å². The van der Waals surface area contributed by atoms with Crippen molar-refractivity contribution in [2.24, 2.45) is 5.92 Å². The van der Waals surface area contributed by atoms with Crippen LogP contribution >= 0.6 is 11.3 Å². The van der Waals surface area contributed by atoms with Gasteiger partial charge in [-0.3, -0.25) is 10.1 Å². The third-order valence-corrected chi connectivity index (χ3v) is 5.29. The quantitative estimate of drug-likeness (QED) is 0.557. The van der Waals surface area contributed by atoms with E-state index >= 15 is 0 Å². The maximum Gasteiger partial charge on any atom is 0.490 e. The van der Waals surface area contributed by atoms with Gasteiger partial charge in [0.05, 0.1) is 12.3 Å². The number of halogens is 3. The van der Waals surface area contributed by atoms with E-state index in [-0.39, 0.29) is 5.78 Å². The molecule has 8 nitrogen and oxygen atoms in total. The van der Waals surface area contributed by atoms with Crippen molar-refractivity contribution in [1.82, 2.24) is 10.3 Å². The number of aromatic nitrogens is 1. The number of benzene rings is 1. The highest BCUT2D eigenvalue weighted by Crippen LogP contribution is 2.30. The van der Waals surface area contributed by atoms with Crippen molar-refractivity contribution < 1.29 is 37.4 Å². The minimum atomic E-state index is -5.08. The number of para-hydroxylation sites is 1. The Balaban J connectivity index is 0.000000451. The highest BCUT2D eigenvalue weighted by molar-refractivity contribution is 7.13. The molecule has 0 radical (unpaired) electrons. The molecular formula is C20H22F3N3O5S. The van der Waals surface area contributed by atoms with E-state index in [1.807, 2.05) is 18.2 Å². The van der Waals surface area contributed by atoms with Crippen LogP contribution in [-0.4, -0.2) is 53.8 Å². The van der Waals surface area contributed by atoms with E-state index in [2.05, 4.69) is 15.6 Å². The molecule has 1 aromatic carbocycles. The zero-order chi connectivity index (χ0) is 23.7. The summed E-state index contributed by atoms with van der Waals surface area (Å²) in [5.74, 6) is -2.42. The topological polar surface area (TPSA) is 118 Å². The Labute approximate surface area is 185 Å². The number of carboxylic acid groups (broad SMARTS) is 1. The highest BCUT2D eigenvalue weighted by Gasteiger charge is 2.38. The van der Waals surface area contributed by atoms with Crippen molar-refractivity contribution in [2.45, 2.75) is 25.9 Å². The fraction of sp³-hybridized carbons (Fsp3) is 0.400. The number of rotatable bonds is 5. The van der Waals surface area contributed by atoms with Crippen LogP contribution in [0.3, 0.4) is 0 Å². The van der Waals surface area contributed by atoms with Crippen molar-refractivity contribution >= 4 is 34.9 Å². The zero-order valence-corrected chi connectivity index (χ0v) is 17.9. The molecule has 0 bridgehead atoms. The number of anilines is 1. The van der Waals surface area contributed by atoms with Crippen LogP contribution in [0.1, 0.15) is 30.3 Å². The van der Waals surface area contributed by atoms with Gasteiger partial charge in [-0.2, -0.15) is 13.2 Å². The number of ether oxygens (including phenoxy) is 1. The SMILES string of the molecule is CC(=O)c1csc(-c2ccccc2NC(=O)OCC2CCNCC2)n1.O=C(O)C(F)(F)F. The van der Waals surface area contributed by atoms with Gasteiger partial charge in [0.1, 0.15) is 10.7 Å². The van der Waals surface area contributed by atoms with Gasteiger partial charge in [-0.25, -0.2) is 14.6 Å². The lowest BCUT2D eigenvalue weighted by atomic mass is 9.99. The number of nitrogens with one attached hydrogen (secondary N) is 2. The monoisotopic (exact) mass is 473 g/mol. The molecule has 0 unspecified atom stereocenters. The zero-order valence-electron chi connectivity index (χ0n) is 17.1. The van der Waals surface area contributed by atoms with Crippen molar-refractivity contribution in [3.8, 4) is 10.6 Å². The predicted molar refractivity (Wildman–Crippen MR) is 112 cm³/mol. The van der Waals surface area contributed by atoms with Crippen LogP contribution in [0.15, 0.2) is 29.6 Å². The average Bonchev–Trinajstić information content (AvgIpc) is 3.24. The van der Waals surface area contributed by atoms with Crippen molar-refractivity contribution in [2.75, 3.05) is 25.0 Å². The average molecular weight is 473 g/mol. The highest BCUT2D eigenvalue weighted by atomic mass is 32.1. The lowest BCUT2D eigenvalue weighted by Crippen LogP contribution is -2.31. The second-order valence-electron chi connectivity index (χ2n) is 6.86. The number of aliphatic carboxylic acids is 1. The van der Waals surface area contributed by atoms with E-state index < -0.39 is 18.2 Å². The van der Waals surface area contributed by atoms with Gasteiger partial charge in [0.2, 0.25) is 0 Å². The number of piperidine rings is 1. The predicted octanol–water partition coefficient (Wildman–Crippen LogP) is 4.19. The van der Waals surface area contributed by atoms with Gasteiger partial charge in [-0.15, -0.1) is 11.3 Å². The number of Topliss-reactive ketones (excluding diaryl/α,β-unsaturated/α-hetero) is 1. The molecule has 2 aromatic rings. The molecule has 1 amide bonds. The number of carboxylic acids is 1. The lowest BCUT2D eigenvalue weighted by molar-refractivity contribution is -0.192. The molecule has 32 heavy (non-hydrogen) atoms. The Kier molecular flexibility index (Phi) is 9.14. The number of amides is 1. The van der Waals surface area contributed by atoms with Crippen molar-refractivity contribution in [3.05, 3.63) is 35.3 Å². The number of hydrogen-bond donors (Lipinski definition) is 3. The van der Waals surface area contributed by atoms with E-state index in [0.717, 1.165) is 31.5 Å². The summed E-state index contributed by atoms with van der Waals surface area (Å²) in [5, 5.41) is 15.6. The van der Waals surface area contributed by atoms with Gasteiger partial charge in [-0.05, 0) is 44.0 Å². The molecule has 1 saturated heterocycles. The maximum atomic E-state index is 12.1. The summed E-state index contributed by atoms with van der Waals surface area (Å²) >= 11 is 1.38. The molecule has 0 spiro atoms. The van der Waals surface area contributed by atoms with Crippen LogP contribution in [0, 0.1) is 5.92 Å². The van der Waals surface area contributed by atoms with E-state index in [1.165, 1.54) is 18.3 Å². The number of alkyl halides is 3. The summed E-state index contributed by atoms with van der Waals surface area (Å²) in [6.45, 7) is 3.87. The Bertz CT molecular complexity index is 943. The molecule has 3 N–H and O–H groups in total. The summed E-state index contributed by atoms with van der Waals surface area (Å²) in [7, 11) is 0. The number of carbonyl (C=O) groups is 3. The fourth-order valence-electron chi connectivity index (χ4n) is 2.73. The molecule has 1 aliphatic rings. The van der Waals surface area contributed by atoms with Crippen LogP contribution in [0.25, 0.3) is 10.6 Å². The van der Waals surface area contributed by atoms with E-state index in [4.69, 9.17) is 14.6 Å². The van der Waals surface area contributed by atoms with E-state index in [9.17, 15) is 22.8 Å². The Morgan fingerprint density at radius 2 is 1.88 bits per heavy atom. The van der Waals surface area contributed by atoms with Gasteiger partial charge in [0.25, 0.3) is 0 Å². The standard InChI is InChI=1S/C18H21N3O3S.C2HF3O2/c1-12(22)16-11-25-17(20-16)14-4-2-3-5-15(14)21-18(23)24-10-13-6-8-19-9-7-13;3-2(4,5)1(6)7/h2-5,11,13,19H,6-10H2,1H3,(H,21,23);(H,6,7). The lowest BCUT2D eigenvalue weighted by Gasteiger charge is -2.22. The summed E-state index contributed by atoms with van der Waals surface area (Å²) in [6.07, 6.45) is -3.50. The number of hydrogen-bond acceptors (Lipinski definition) is 7. The third-order valence-electron chi connectivity index (χ3n) is 4.41. The van der Waals surface area contributed by atoms with E-state index in [0.29, 0.717) is 28.9 Å². The first-order valence-corrected chi connectivity index (χ1v) is 10.5. The molecule has 1 aliphatic heterocycles. The first kappa shape index (κ1) is 25.3. The number of nitrogens with zero attached hydrogens (tertiary/aromatic N) is 1. The van der Waals surface area contributed by atoms with Crippen LogP contribution in [0.2, 0.25) is 0 Å². The van der Waals surface area contributed by atoms with Gasteiger partial charge in [0.15, 0.2) is 5.78 Å². The molecule has 2 heterocycles. The molecule has 0 atom stereocenters. The Morgan fingerprint density at radius 3 is 2.44 bits per heavy atom. The van der Waals surface area contributed by atoms with Gasteiger partial charge >= 0.3 is 18.2 Å². The van der Waals surface area contributed by atoms with Crippen LogP contribution in [0.4, 0.5) is 23.7 Å². The minimum absolute atomic E-state index is 0.0747. The maximum absolute atomic E-state index is 12.1. The van der Waals surface area contributed by atoms with Crippen molar-refractivity contribution in [3.63, 3.8) is 0 Å². The smallest absolute Gasteiger partial charge is 0.475 e. The second kappa shape index (κ2) is 11.6. The fourth-order valence-corrected chi connectivity index (χ4v) is 3.62. The largest absolute Gasteiger partial charge is 0.490 e. The summed E-state index contributed by atoms with van der Waals surface area (Å²) in [4.78, 5) is 36.8. The van der Waals surface area contributed by atoms with Crippen molar-refractivity contribution in [1.29, 1.82) is 0 Å². The minimum Gasteiger partial charge on any atom is -0.475 e. The molecule has 174 valence electrons. The Morgan fingerprint density at radius 1 is 1.25 bits per heavy atom. The van der Waals surface area contributed by atoms with Crippen LogP contribution < -0.4 is 10.6 Å². The molecule has 1 fully saturated rings. The second-order valence-corrected chi connectivity index (χ2v) is 7.72. The number of ketones is 1. The first-order chi connectivity index (χ1) is 15.1. The van der Waals surface area contributed by atoms with Gasteiger partial charge < -0.3 is 15.2 Å². The molecule has 3 rings (SSSR count). The van der Waals surface area contributed by atoms with Crippen LogP contribution in [0.5, 0.6) is 0 Å². The van der Waals surface area contributed by atoms with Crippen LogP contribution in [-0.2, 0) is 9.53 Å². The molecule has 12 heteroatoms. The molecular weight excluding hydrogens is 451 g/mol. The molecule has 0 saturated carbocycles. The number of carbonyl (C=O) groups excluding carboxylic acids is 2. The van der Waals surface area contributed by atoms with Gasteiger partial charge in [-0.1, -0.05) is 12.1 Å². The summed E-state index contributed by atoms with van der Waals surface area (Å²) < 4.78 is 37.1. The molecule has 1 aromatic heterocycles. The summed E-state index contributed by atoms with van der Waals surface area (Å²) in [6, 6.07) is 7.38. The number of thiazole rings is 1. The molecule has 0 aliphatic carbocycles. The normalized spacial score (nSPS) is 14.1. The first-order valence-electron chi connectivity index (χ1n) is 9.58. The third kappa shape index (κ3) is 7.93. The Hall–Kier alpha value is -2.99. The van der Waals surface area contributed by atoms with Gasteiger partial charge in [0, 0.05) is 17.9 Å².